The Labute approximate surface area is 156 Å². The van der Waals surface area contributed by atoms with Gasteiger partial charge in [0.25, 0.3) is 0 Å². The van der Waals surface area contributed by atoms with E-state index in [-0.39, 0.29) is 0 Å². The van der Waals surface area contributed by atoms with Crippen molar-refractivity contribution >= 4 is 0 Å². The van der Waals surface area contributed by atoms with Crippen molar-refractivity contribution in [2.24, 2.45) is 0 Å². The summed E-state index contributed by atoms with van der Waals surface area (Å²) in [5, 5.41) is 13.1. The van der Waals surface area contributed by atoms with Crippen LogP contribution in [0.2, 0.25) is 0 Å². The van der Waals surface area contributed by atoms with E-state index in [9.17, 15) is 0 Å². The maximum atomic E-state index is 4.79. The molecule has 0 aliphatic carbocycles. The summed E-state index contributed by atoms with van der Waals surface area (Å²) in [6.45, 7) is 6.80. The number of unbranched alkanes of at least 4 members (excludes halogenated alkanes) is 2. The Morgan fingerprint density at radius 3 is 2.58 bits per heavy atom. The minimum Gasteiger partial charge on any atom is -0.311 e. The van der Waals surface area contributed by atoms with Gasteiger partial charge in [0.15, 0.2) is 0 Å². The third kappa shape index (κ3) is 5.02. The molecule has 0 saturated carbocycles. The molecule has 0 bridgehead atoms. The van der Waals surface area contributed by atoms with Crippen LogP contribution in [0, 0.1) is 6.92 Å². The summed E-state index contributed by atoms with van der Waals surface area (Å²) >= 11 is 0. The van der Waals surface area contributed by atoms with Gasteiger partial charge in [-0.2, -0.15) is 15.0 Å². The first kappa shape index (κ1) is 18.3. The summed E-state index contributed by atoms with van der Waals surface area (Å²) in [6, 6.07) is 18.8. The topological polar surface area (TPSA) is 42.7 Å². The van der Waals surface area contributed by atoms with Crippen molar-refractivity contribution in [3.8, 4) is 11.3 Å². The minimum absolute atomic E-state index is 0.692. The Kier molecular flexibility index (Phi) is 6.56. The average molecular weight is 348 g/mol. The minimum atomic E-state index is 0.692. The molecule has 3 rings (SSSR count). The van der Waals surface area contributed by atoms with Gasteiger partial charge in [0.2, 0.25) is 0 Å². The lowest BCUT2D eigenvalue weighted by Crippen LogP contribution is -2.16. The Balaban J connectivity index is 1.78. The molecular formula is C22H28N4. The van der Waals surface area contributed by atoms with Gasteiger partial charge >= 0.3 is 0 Å². The van der Waals surface area contributed by atoms with Gasteiger partial charge in [0, 0.05) is 12.1 Å². The summed E-state index contributed by atoms with van der Waals surface area (Å²) in [4.78, 5) is 1.82. The fourth-order valence-electron chi connectivity index (χ4n) is 3.07. The maximum Gasteiger partial charge on any atom is 0.117 e. The summed E-state index contributed by atoms with van der Waals surface area (Å²) in [5.41, 5.74) is 5.59. The van der Waals surface area contributed by atoms with E-state index < -0.39 is 0 Å². The van der Waals surface area contributed by atoms with Crippen LogP contribution in [0.3, 0.4) is 0 Å². The monoisotopic (exact) mass is 348 g/mol. The molecule has 0 aliphatic heterocycles. The summed E-state index contributed by atoms with van der Waals surface area (Å²) in [5.74, 6) is 0. The van der Waals surface area contributed by atoms with Crippen molar-refractivity contribution in [1.82, 2.24) is 20.3 Å². The van der Waals surface area contributed by atoms with Crippen molar-refractivity contribution in [2.75, 3.05) is 6.54 Å². The fraction of sp³-hybridized carbons (Fsp3) is 0.364. The second-order valence-corrected chi connectivity index (χ2v) is 6.76. The molecule has 0 fully saturated rings. The second kappa shape index (κ2) is 9.30. The molecule has 0 radical (unpaired) electrons. The normalized spacial score (nSPS) is 11.0. The number of benzene rings is 2. The van der Waals surface area contributed by atoms with Crippen molar-refractivity contribution in [1.29, 1.82) is 0 Å². The summed E-state index contributed by atoms with van der Waals surface area (Å²) in [7, 11) is 0. The molecule has 0 amide bonds. The number of nitrogens with one attached hydrogen (secondary N) is 1. The van der Waals surface area contributed by atoms with E-state index in [1.54, 1.807) is 0 Å². The van der Waals surface area contributed by atoms with Crippen LogP contribution in [0.5, 0.6) is 0 Å². The van der Waals surface area contributed by atoms with Crippen molar-refractivity contribution in [2.45, 2.75) is 46.2 Å². The lowest BCUT2D eigenvalue weighted by molar-refractivity contribution is 0.569. The van der Waals surface area contributed by atoms with Crippen LogP contribution in [0.4, 0.5) is 0 Å². The maximum absolute atomic E-state index is 4.79. The molecule has 26 heavy (non-hydrogen) atoms. The third-order valence-electron chi connectivity index (χ3n) is 4.43. The first-order valence-corrected chi connectivity index (χ1v) is 9.52. The second-order valence-electron chi connectivity index (χ2n) is 6.76. The molecule has 3 aromatic rings. The summed E-state index contributed by atoms with van der Waals surface area (Å²) < 4.78 is 0. The predicted octanol–water partition coefficient (Wildman–Crippen LogP) is 4.58. The Bertz CT molecular complexity index is 808. The van der Waals surface area contributed by atoms with Gasteiger partial charge in [0.05, 0.1) is 6.54 Å². The Hall–Kier alpha value is -2.46. The van der Waals surface area contributed by atoms with E-state index in [0.29, 0.717) is 6.54 Å². The summed E-state index contributed by atoms with van der Waals surface area (Å²) in [6.07, 6.45) is 3.71. The quantitative estimate of drug-likeness (QED) is 0.576. The van der Waals surface area contributed by atoms with Crippen LogP contribution in [-0.4, -0.2) is 21.5 Å². The Morgan fingerprint density at radius 1 is 0.962 bits per heavy atom. The smallest absolute Gasteiger partial charge is 0.117 e. The van der Waals surface area contributed by atoms with E-state index in [1.807, 2.05) is 23.0 Å². The fourth-order valence-corrected chi connectivity index (χ4v) is 3.07. The highest BCUT2D eigenvalue weighted by molar-refractivity contribution is 5.60. The molecule has 4 nitrogen and oxygen atoms in total. The molecule has 1 aromatic heterocycles. The molecule has 1 heterocycles. The zero-order chi connectivity index (χ0) is 18.2. The Morgan fingerprint density at radius 2 is 1.81 bits per heavy atom. The van der Waals surface area contributed by atoms with Gasteiger partial charge in [-0.25, -0.2) is 0 Å². The molecule has 0 saturated heterocycles. The third-order valence-corrected chi connectivity index (χ3v) is 4.43. The number of nitrogens with zero attached hydrogens (tertiary/aromatic N) is 3. The van der Waals surface area contributed by atoms with Crippen LogP contribution in [0.1, 0.15) is 43.0 Å². The first-order chi connectivity index (χ1) is 12.8. The largest absolute Gasteiger partial charge is 0.311 e. The molecule has 0 aliphatic rings. The van der Waals surface area contributed by atoms with Gasteiger partial charge in [-0.1, -0.05) is 79.9 Å². The number of aryl methyl sites for hydroxylation is 1. The van der Waals surface area contributed by atoms with Crippen molar-refractivity contribution in [3.63, 3.8) is 0 Å². The predicted molar refractivity (Wildman–Crippen MR) is 107 cm³/mol. The molecule has 1 N–H and O–H groups in total. The number of hydrogen-bond acceptors (Lipinski definition) is 3. The lowest BCUT2D eigenvalue weighted by atomic mass is 10.1. The van der Waals surface area contributed by atoms with Gasteiger partial charge in [-0.3, -0.25) is 0 Å². The highest BCUT2D eigenvalue weighted by atomic mass is 15.5. The molecule has 136 valence electrons. The van der Waals surface area contributed by atoms with Crippen LogP contribution in [0.25, 0.3) is 11.3 Å². The van der Waals surface area contributed by atoms with E-state index in [2.05, 4.69) is 55.6 Å². The highest BCUT2D eigenvalue weighted by Crippen LogP contribution is 2.20. The first-order valence-electron chi connectivity index (χ1n) is 9.52. The van der Waals surface area contributed by atoms with Gasteiger partial charge < -0.3 is 5.32 Å². The molecule has 0 atom stereocenters. The number of aromatic nitrogens is 3. The van der Waals surface area contributed by atoms with Crippen molar-refractivity contribution < 1.29 is 0 Å². The van der Waals surface area contributed by atoms with Crippen molar-refractivity contribution in [3.05, 3.63) is 71.4 Å². The molecule has 2 aromatic carbocycles. The highest BCUT2D eigenvalue weighted by Gasteiger charge is 2.13. The zero-order valence-electron chi connectivity index (χ0n) is 15.8. The lowest BCUT2D eigenvalue weighted by Gasteiger charge is -2.03. The molecule has 0 spiro atoms. The number of rotatable bonds is 9. The zero-order valence-corrected chi connectivity index (χ0v) is 15.8. The molecular weight excluding hydrogens is 320 g/mol. The van der Waals surface area contributed by atoms with Crippen LogP contribution < -0.4 is 5.32 Å². The van der Waals surface area contributed by atoms with E-state index in [1.165, 1.54) is 30.4 Å². The molecule has 4 heteroatoms. The van der Waals surface area contributed by atoms with Crippen LogP contribution >= 0.6 is 0 Å². The van der Waals surface area contributed by atoms with Gasteiger partial charge in [0.1, 0.15) is 11.4 Å². The van der Waals surface area contributed by atoms with Gasteiger partial charge in [-0.15, -0.1) is 0 Å². The standard InChI is InChI=1S/C22H28N4/c1-3-4-8-14-23-16-21-22(20-12-6-5-7-13-20)25-26(24-21)17-19-11-9-10-18(2)15-19/h5-7,9-13,15,23H,3-4,8,14,16-17H2,1-2H3. The van der Waals surface area contributed by atoms with E-state index in [4.69, 9.17) is 10.2 Å². The van der Waals surface area contributed by atoms with Crippen LogP contribution in [0.15, 0.2) is 54.6 Å². The SMILES string of the molecule is CCCCCNCc1nn(Cc2cccc(C)c2)nc1-c1ccccc1. The van der Waals surface area contributed by atoms with Crippen LogP contribution in [-0.2, 0) is 13.1 Å². The molecule has 0 unspecified atom stereocenters. The number of hydrogen-bond donors (Lipinski definition) is 1. The average Bonchev–Trinajstić information content (AvgIpc) is 3.05. The van der Waals surface area contributed by atoms with Gasteiger partial charge in [-0.05, 0) is 25.5 Å². The van der Waals surface area contributed by atoms with E-state index in [0.717, 1.165) is 30.0 Å². The van der Waals surface area contributed by atoms with E-state index >= 15 is 0 Å².